The van der Waals surface area contributed by atoms with Gasteiger partial charge in [0.05, 0.1) is 40.1 Å². The highest BCUT2D eigenvalue weighted by Gasteiger charge is 1.93. The van der Waals surface area contributed by atoms with Gasteiger partial charge in [0.15, 0.2) is 0 Å². The molecule has 0 aromatic heterocycles. The highest BCUT2D eigenvalue weighted by molar-refractivity contribution is 8.12. The van der Waals surface area contributed by atoms with Gasteiger partial charge in [-0.25, -0.2) is 33.7 Å². The van der Waals surface area contributed by atoms with E-state index in [1.807, 2.05) is 0 Å². The van der Waals surface area contributed by atoms with Gasteiger partial charge in [-0.3, -0.25) is 0 Å². The van der Waals surface area contributed by atoms with Gasteiger partial charge in [0.2, 0.25) is 0 Å². The predicted octanol–water partition coefficient (Wildman–Crippen LogP) is -1.44. The SMILES string of the molecule is CS(=O)(=O)[N-]S(C)(=O)=O.CS(=O)(=O)[N-]S(C)(=O)=O. The summed E-state index contributed by atoms with van der Waals surface area (Å²) in [6, 6.07) is 0. The first-order valence-corrected chi connectivity index (χ1v) is 11.1. The number of hydrogen-bond acceptors (Lipinski definition) is 8. The van der Waals surface area contributed by atoms with Gasteiger partial charge in [-0.2, -0.15) is 0 Å². The smallest absolute Gasteiger partial charge is 0.0801 e. The molecule has 0 heterocycles. The molecule has 0 aliphatic rings. The fourth-order valence-corrected chi connectivity index (χ4v) is 4.43. The lowest BCUT2D eigenvalue weighted by molar-refractivity contribution is 0.598. The zero-order valence-corrected chi connectivity index (χ0v) is 13.1. The van der Waals surface area contributed by atoms with Crippen LogP contribution in [0.3, 0.4) is 0 Å². The molecule has 0 bridgehead atoms. The first kappa shape index (κ1) is 20.0. The lowest BCUT2D eigenvalue weighted by Crippen LogP contribution is -2.01. The molecule has 0 fully saturated rings. The average Bonchev–Trinajstić information content (AvgIpc) is 1.64. The van der Waals surface area contributed by atoms with Crippen molar-refractivity contribution in [1.29, 1.82) is 0 Å². The average molecular weight is 344 g/mol. The standard InChI is InChI=1S/2C2H6NO4S2/c2*1-8(4,5)3-9(2,6)7/h2*1-2H3/q2*-1. The second kappa shape index (κ2) is 6.25. The highest BCUT2D eigenvalue weighted by atomic mass is 32.3. The second-order valence-electron chi connectivity index (χ2n) is 3.08. The summed E-state index contributed by atoms with van der Waals surface area (Å²) in [6.45, 7) is 0. The van der Waals surface area contributed by atoms with Crippen LogP contribution >= 0.6 is 0 Å². The number of rotatable bonds is 4. The molecular formula is C4H12N2O8S4-2. The van der Waals surface area contributed by atoms with Crippen molar-refractivity contribution in [1.82, 2.24) is 0 Å². The maximum Gasteiger partial charge on any atom is 0.0801 e. The normalized spacial score (nSPS) is 13.6. The number of sulfonamides is 4. The van der Waals surface area contributed by atoms with E-state index in [1.54, 1.807) is 0 Å². The Bertz CT molecular complexity index is 545. The van der Waals surface area contributed by atoms with Gasteiger partial charge in [-0.15, -0.1) is 0 Å². The predicted molar refractivity (Wildman–Crippen MR) is 66.1 cm³/mol. The van der Waals surface area contributed by atoms with Gasteiger partial charge in [0, 0.05) is 25.0 Å². The molecule has 14 heteroatoms. The third-order valence-corrected chi connectivity index (χ3v) is 4.87. The van der Waals surface area contributed by atoms with Gasteiger partial charge in [-0.1, -0.05) is 0 Å². The van der Waals surface area contributed by atoms with Crippen LogP contribution in [0.2, 0.25) is 0 Å². The summed E-state index contributed by atoms with van der Waals surface area (Å²) in [5.41, 5.74) is 0. The first-order valence-electron chi connectivity index (χ1n) is 3.70. The van der Waals surface area contributed by atoms with Crippen molar-refractivity contribution in [3.8, 4) is 0 Å². The largest absolute Gasteiger partial charge is 0.437 e. The first-order chi connectivity index (χ1) is 7.41. The van der Waals surface area contributed by atoms with Crippen molar-refractivity contribution in [3.05, 3.63) is 8.25 Å². The Morgan fingerprint density at radius 1 is 0.444 bits per heavy atom. The Morgan fingerprint density at radius 3 is 0.556 bits per heavy atom. The zero-order chi connectivity index (χ0) is 15.4. The number of hydrogen-bond donors (Lipinski definition) is 0. The van der Waals surface area contributed by atoms with E-state index in [-0.39, 0.29) is 0 Å². The minimum Gasteiger partial charge on any atom is -0.437 e. The van der Waals surface area contributed by atoms with E-state index < -0.39 is 40.1 Å². The minimum atomic E-state index is -3.74. The van der Waals surface area contributed by atoms with Crippen LogP contribution in [0, 0.1) is 0 Å². The molecule has 0 amide bonds. The van der Waals surface area contributed by atoms with Gasteiger partial charge >= 0.3 is 0 Å². The molecule has 10 nitrogen and oxygen atoms in total. The maximum atomic E-state index is 10.1. The summed E-state index contributed by atoms with van der Waals surface area (Å²) in [4.78, 5) is 0. The monoisotopic (exact) mass is 344 g/mol. The summed E-state index contributed by atoms with van der Waals surface area (Å²) in [7, 11) is -15.0. The van der Waals surface area contributed by atoms with E-state index in [1.165, 1.54) is 0 Å². The molecule has 0 aliphatic heterocycles. The van der Waals surface area contributed by atoms with Crippen molar-refractivity contribution in [2.75, 3.05) is 25.0 Å². The van der Waals surface area contributed by atoms with Crippen molar-refractivity contribution in [2.24, 2.45) is 0 Å². The van der Waals surface area contributed by atoms with E-state index in [0.717, 1.165) is 0 Å². The molecular weight excluding hydrogens is 332 g/mol. The molecule has 0 N–H and O–H groups in total. The van der Waals surface area contributed by atoms with E-state index in [4.69, 9.17) is 0 Å². The summed E-state index contributed by atoms with van der Waals surface area (Å²) in [6.07, 6.45) is 2.87. The maximum absolute atomic E-state index is 10.1. The molecule has 0 aromatic rings. The van der Waals surface area contributed by atoms with Crippen LogP contribution in [0.4, 0.5) is 0 Å². The molecule has 0 aromatic carbocycles. The fourth-order valence-electron chi connectivity index (χ4n) is 0.492. The molecule has 0 rings (SSSR count). The van der Waals surface area contributed by atoms with Crippen LogP contribution in [0.1, 0.15) is 0 Å². The molecule has 0 atom stereocenters. The Balaban J connectivity index is 0. The Morgan fingerprint density at radius 2 is 0.556 bits per heavy atom. The summed E-state index contributed by atoms with van der Waals surface area (Å²) >= 11 is 0. The third kappa shape index (κ3) is 24.8. The van der Waals surface area contributed by atoms with Crippen molar-refractivity contribution in [2.45, 2.75) is 0 Å². The van der Waals surface area contributed by atoms with Crippen molar-refractivity contribution in [3.63, 3.8) is 0 Å². The Hall–Kier alpha value is -0.280. The van der Waals surface area contributed by atoms with Crippen molar-refractivity contribution < 1.29 is 33.7 Å². The van der Waals surface area contributed by atoms with E-state index >= 15 is 0 Å². The van der Waals surface area contributed by atoms with Crippen LogP contribution in [0.25, 0.3) is 8.25 Å². The topological polar surface area (TPSA) is 165 Å². The summed E-state index contributed by atoms with van der Waals surface area (Å²) < 4.78 is 85.8. The lowest BCUT2D eigenvalue weighted by atomic mass is 12.0. The lowest BCUT2D eigenvalue weighted by Gasteiger charge is -2.11. The van der Waals surface area contributed by atoms with Crippen LogP contribution in [-0.4, -0.2) is 58.7 Å². The van der Waals surface area contributed by atoms with Gasteiger partial charge < -0.3 is 8.25 Å². The van der Waals surface area contributed by atoms with Crippen LogP contribution in [0.15, 0.2) is 0 Å². The van der Waals surface area contributed by atoms with E-state index in [0.29, 0.717) is 25.0 Å². The highest BCUT2D eigenvalue weighted by Crippen LogP contribution is 2.03. The molecule has 0 aliphatic carbocycles. The fraction of sp³-hybridized carbons (Fsp3) is 1.00. The van der Waals surface area contributed by atoms with Crippen molar-refractivity contribution >= 4 is 40.1 Å². The quantitative estimate of drug-likeness (QED) is 0.598. The Kier molecular flexibility index (Phi) is 6.96. The summed E-state index contributed by atoms with van der Waals surface area (Å²) in [5, 5.41) is 0. The van der Waals surface area contributed by atoms with E-state index in [2.05, 4.69) is 8.25 Å². The second-order valence-corrected chi connectivity index (χ2v) is 10.1. The number of nitrogens with zero attached hydrogens (tertiary/aromatic N) is 2. The van der Waals surface area contributed by atoms with E-state index in [9.17, 15) is 33.7 Å². The van der Waals surface area contributed by atoms with Crippen LogP contribution < -0.4 is 0 Å². The summed E-state index contributed by atoms with van der Waals surface area (Å²) in [5.74, 6) is 0. The zero-order valence-electron chi connectivity index (χ0n) is 9.79. The molecule has 0 saturated heterocycles. The molecule has 112 valence electrons. The van der Waals surface area contributed by atoms with Gasteiger partial charge in [0.25, 0.3) is 0 Å². The Labute approximate surface area is 107 Å². The molecule has 0 spiro atoms. The van der Waals surface area contributed by atoms with Crippen LogP contribution in [-0.2, 0) is 40.1 Å². The van der Waals surface area contributed by atoms with Gasteiger partial charge in [-0.05, 0) is 0 Å². The molecule has 0 unspecified atom stereocenters. The minimum absolute atomic E-state index is 0.716. The van der Waals surface area contributed by atoms with Gasteiger partial charge in [0.1, 0.15) is 0 Å². The molecule has 18 heavy (non-hydrogen) atoms. The van der Waals surface area contributed by atoms with Crippen LogP contribution in [0.5, 0.6) is 0 Å². The molecule has 0 saturated carbocycles. The molecule has 0 radical (unpaired) electrons. The third-order valence-electron chi connectivity index (χ3n) is 0.542.